The molecule has 3 heterocycles. The number of amides is 1. The van der Waals surface area contributed by atoms with Crippen LogP contribution in [0.1, 0.15) is 16.4 Å². The molecule has 9 heteroatoms. The lowest BCUT2D eigenvalue weighted by molar-refractivity contribution is 0.102. The van der Waals surface area contributed by atoms with Crippen molar-refractivity contribution >= 4 is 33.7 Å². The molecule has 0 aliphatic heterocycles. The van der Waals surface area contributed by atoms with Gasteiger partial charge >= 0.3 is 5.69 Å². The Morgan fingerprint density at radius 2 is 1.85 bits per heavy atom. The van der Waals surface area contributed by atoms with E-state index < -0.39 is 17.2 Å². The van der Waals surface area contributed by atoms with Crippen molar-refractivity contribution in [3.8, 4) is 0 Å². The number of aryl methyl sites for hydroxylation is 2. The van der Waals surface area contributed by atoms with E-state index >= 15 is 0 Å². The van der Waals surface area contributed by atoms with E-state index in [0.717, 1.165) is 4.57 Å². The molecule has 1 amide bonds. The Kier molecular flexibility index (Phi) is 3.65. The second-order valence-electron chi connectivity index (χ2n) is 6.14. The van der Waals surface area contributed by atoms with Crippen LogP contribution in [0.15, 0.2) is 44.3 Å². The number of pyridine rings is 1. The second kappa shape index (κ2) is 5.90. The summed E-state index contributed by atoms with van der Waals surface area (Å²) >= 11 is 0. The molecular weight excluding hydrogens is 350 g/mol. The first-order chi connectivity index (χ1) is 12.8. The van der Waals surface area contributed by atoms with E-state index in [1.54, 1.807) is 25.1 Å². The Balaban J connectivity index is 1.73. The number of hydrogen-bond donors (Lipinski definition) is 1. The van der Waals surface area contributed by atoms with Gasteiger partial charge in [-0.15, -0.1) is 0 Å². The monoisotopic (exact) mass is 365 g/mol. The van der Waals surface area contributed by atoms with Crippen LogP contribution in [-0.2, 0) is 14.1 Å². The van der Waals surface area contributed by atoms with Crippen LogP contribution in [-0.4, -0.2) is 25.0 Å². The van der Waals surface area contributed by atoms with Crippen molar-refractivity contribution in [2.24, 2.45) is 14.1 Å². The van der Waals surface area contributed by atoms with E-state index in [1.807, 2.05) is 0 Å². The molecule has 1 N–H and O–H groups in total. The smallest absolute Gasteiger partial charge is 0.332 e. The first-order valence-corrected chi connectivity index (χ1v) is 8.10. The van der Waals surface area contributed by atoms with E-state index in [1.165, 1.54) is 30.8 Å². The Labute approximate surface area is 151 Å². The molecule has 4 rings (SSSR count). The third-order valence-corrected chi connectivity index (χ3v) is 4.29. The fourth-order valence-electron chi connectivity index (χ4n) is 2.90. The second-order valence-corrected chi connectivity index (χ2v) is 6.14. The predicted molar refractivity (Wildman–Crippen MR) is 98.9 cm³/mol. The normalized spacial score (nSPS) is 11.2. The minimum absolute atomic E-state index is 0.0854. The molecule has 0 fully saturated rings. The van der Waals surface area contributed by atoms with Crippen molar-refractivity contribution in [3.63, 3.8) is 0 Å². The van der Waals surface area contributed by atoms with Crippen molar-refractivity contribution in [1.82, 2.24) is 19.1 Å². The van der Waals surface area contributed by atoms with Crippen LogP contribution < -0.4 is 16.6 Å². The van der Waals surface area contributed by atoms with Gasteiger partial charge in [-0.2, -0.15) is 0 Å². The number of fused-ring (bicyclic) bond motifs is 2. The van der Waals surface area contributed by atoms with Crippen LogP contribution in [0.2, 0.25) is 0 Å². The summed E-state index contributed by atoms with van der Waals surface area (Å²) in [6.07, 6.45) is 0. The number of carbonyl (C=O) groups is 1. The van der Waals surface area contributed by atoms with Gasteiger partial charge in [0, 0.05) is 26.7 Å². The van der Waals surface area contributed by atoms with Crippen molar-refractivity contribution in [2.75, 3.05) is 5.32 Å². The highest BCUT2D eigenvalue weighted by molar-refractivity contribution is 6.04. The molecule has 0 unspecified atom stereocenters. The molecule has 0 saturated heterocycles. The number of aromatic nitrogens is 4. The number of anilines is 1. The van der Waals surface area contributed by atoms with Gasteiger partial charge in [-0.1, -0.05) is 0 Å². The predicted octanol–water partition coefficient (Wildman–Crippen LogP) is 1.33. The number of benzene rings is 1. The minimum Gasteiger partial charge on any atom is -0.441 e. The van der Waals surface area contributed by atoms with Gasteiger partial charge in [-0.3, -0.25) is 18.7 Å². The van der Waals surface area contributed by atoms with Crippen LogP contribution in [0, 0.1) is 6.92 Å². The van der Waals surface area contributed by atoms with Crippen LogP contribution in [0.4, 0.5) is 5.69 Å². The summed E-state index contributed by atoms with van der Waals surface area (Å²) in [4.78, 5) is 45.3. The van der Waals surface area contributed by atoms with E-state index in [0.29, 0.717) is 22.7 Å². The van der Waals surface area contributed by atoms with Gasteiger partial charge in [0.1, 0.15) is 16.9 Å². The Bertz CT molecular complexity index is 1350. The topological polar surface area (TPSA) is 112 Å². The van der Waals surface area contributed by atoms with E-state index in [9.17, 15) is 14.4 Å². The molecule has 4 aromatic rings. The molecule has 0 radical (unpaired) electrons. The zero-order valence-electron chi connectivity index (χ0n) is 14.8. The third kappa shape index (κ3) is 2.69. The fraction of sp³-hybridized carbons (Fsp3) is 0.167. The van der Waals surface area contributed by atoms with Gasteiger partial charge in [0.15, 0.2) is 11.5 Å². The summed E-state index contributed by atoms with van der Waals surface area (Å²) in [5.74, 6) is 0.0664. The number of rotatable bonds is 2. The zero-order chi connectivity index (χ0) is 19.3. The van der Waals surface area contributed by atoms with Crippen molar-refractivity contribution in [1.29, 1.82) is 0 Å². The number of oxazole rings is 1. The molecule has 0 aliphatic carbocycles. The molecule has 0 spiro atoms. The highest BCUT2D eigenvalue weighted by atomic mass is 16.3. The SMILES string of the molecule is Cc1nc2cc(NC(=O)c3ccc4c(=O)n(C)c(=O)n(C)c4n3)ccc2o1. The summed E-state index contributed by atoms with van der Waals surface area (Å²) in [7, 11) is 2.89. The van der Waals surface area contributed by atoms with Gasteiger partial charge in [0.2, 0.25) is 0 Å². The molecule has 9 nitrogen and oxygen atoms in total. The maximum Gasteiger partial charge on any atom is 0.332 e. The zero-order valence-corrected chi connectivity index (χ0v) is 14.8. The van der Waals surface area contributed by atoms with Gasteiger partial charge in [0.05, 0.1) is 5.39 Å². The van der Waals surface area contributed by atoms with Crippen LogP contribution >= 0.6 is 0 Å². The lowest BCUT2D eigenvalue weighted by atomic mass is 10.2. The average molecular weight is 365 g/mol. The maximum absolute atomic E-state index is 12.6. The summed E-state index contributed by atoms with van der Waals surface area (Å²) in [5, 5.41) is 2.99. The summed E-state index contributed by atoms with van der Waals surface area (Å²) in [6, 6.07) is 8.03. The van der Waals surface area contributed by atoms with Crippen LogP contribution in [0.5, 0.6) is 0 Å². The number of nitrogens with zero attached hydrogens (tertiary/aromatic N) is 4. The van der Waals surface area contributed by atoms with E-state index in [2.05, 4.69) is 15.3 Å². The van der Waals surface area contributed by atoms with Gasteiger partial charge in [-0.05, 0) is 30.3 Å². The summed E-state index contributed by atoms with van der Waals surface area (Å²) < 4.78 is 7.64. The minimum atomic E-state index is -0.510. The first-order valence-electron chi connectivity index (χ1n) is 8.10. The highest BCUT2D eigenvalue weighted by Crippen LogP contribution is 2.20. The lowest BCUT2D eigenvalue weighted by Gasteiger charge is -2.09. The van der Waals surface area contributed by atoms with Crippen molar-refractivity contribution in [3.05, 3.63) is 62.8 Å². The summed E-state index contributed by atoms with van der Waals surface area (Å²) in [6.45, 7) is 1.74. The number of hydrogen-bond acceptors (Lipinski definition) is 6. The van der Waals surface area contributed by atoms with Gasteiger partial charge < -0.3 is 9.73 Å². The van der Waals surface area contributed by atoms with Crippen LogP contribution in [0.3, 0.4) is 0 Å². The Hall–Kier alpha value is -3.75. The van der Waals surface area contributed by atoms with Crippen molar-refractivity contribution in [2.45, 2.75) is 6.92 Å². The van der Waals surface area contributed by atoms with Gasteiger partial charge in [0.25, 0.3) is 11.5 Å². The Morgan fingerprint density at radius 3 is 2.63 bits per heavy atom. The Morgan fingerprint density at radius 1 is 1.07 bits per heavy atom. The van der Waals surface area contributed by atoms with E-state index in [4.69, 9.17) is 4.42 Å². The molecule has 0 atom stereocenters. The molecule has 3 aromatic heterocycles. The first kappa shape index (κ1) is 16.7. The molecule has 1 aromatic carbocycles. The molecule has 0 aliphatic rings. The standard InChI is InChI=1S/C18H15N5O4/c1-9-19-13-8-10(4-7-14(13)27-9)20-16(24)12-6-5-11-15(21-12)22(2)18(26)23(3)17(11)25/h4-8H,1-3H3,(H,20,24). The quantitative estimate of drug-likeness (QED) is 0.574. The molecule has 0 bridgehead atoms. The fourth-order valence-corrected chi connectivity index (χ4v) is 2.90. The molecule has 0 saturated carbocycles. The third-order valence-electron chi connectivity index (χ3n) is 4.29. The number of nitrogens with one attached hydrogen (secondary N) is 1. The largest absolute Gasteiger partial charge is 0.441 e. The maximum atomic E-state index is 12.6. The average Bonchev–Trinajstić information content (AvgIpc) is 3.03. The molecular formula is C18H15N5O4. The number of carbonyl (C=O) groups excluding carboxylic acids is 1. The van der Waals surface area contributed by atoms with Gasteiger partial charge in [-0.25, -0.2) is 14.8 Å². The van der Waals surface area contributed by atoms with Crippen LogP contribution in [0.25, 0.3) is 22.1 Å². The lowest BCUT2D eigenvalue weighted by Crippen LogP contribution is -2.37. The molecule has 27 heavy (non-hydrogen) atoms. The summed E-state index contributed by atoms with van der Waals surface area (Å²) in [5.41, 5.74) is 1.05. The van der Waals surface area contributed by atoms with E-state index in [-0.39, 0.29) is 16.7 Å². The molecule has 136 valence electrons. The highest BCUT2D eigenvalue weighted by Gasteiger charge is 2.14. The van der Waals surface area contributed by atoms with Crippen molar-refractivity contribution < 1.29 is 9.21 Å².